The summed E-state index contributed by atoms with van der Waals surface area (Å²) in [5.74, 6) is -24.2. The molecule has 1 rings (SSSR count). The van der Waals surface area contributed by atoms with E-state index in [0.717, 1.165) is 6.92 Å². The molecule has 0 N–H and O–H groups in total. The summed E-state index contributed by atoms with van der Waals surface area (Å²) in [6.45, 7) is 1.08. The first kappa shape index (κ1) is 15.4. The van der Waals surface area contributed by atoms with E-state index in [1.165, 1.54) is 0 Å². The number of hydrogen-bond donors (Lipinski definition) is 0. The molecule has 0 saturated heterocycles. The Morgan fingerprint density at radius 1 is 0.722 bits per heavy atom. The zero-order valence-electron chi connectivity index (χ0n) is 9.02. The Kier molecular flexibility index (Phi) is 3.16. The molecule has 0 heterocycles. The Morgan fingerprint density at radius 3 is 1.56 bits per heavy atom. The van der Waals surface area contributed by atoms with Crippen LogP contribution in [0.15, 0.2) is 0 Å². The topological polar surface area (TPSA) is 0 Å². The Labute approximate surface area is 96.1 Å². The van der Waals surface area contributed by atoms with Crippen molar-refractivity contribution in [1.82, 2.24) is 0 Å². The molecule has 0 nitrogen and oxygen atoms in total. The normalized spacial score (nSPS) is 36.3. The van der Waals surface area contributed by atoms with Gasteiger partial charge in [0, 0.05) is 0 Å². The molecule has 1 aliphatic carbocycles. The molecule has 0 aromatic carbocycles. The van der Waals surface area contributed by atoms with Gasteiger partial charge in [-0.1, -0.05) is 13.3 Å². The Morgan fingerprint density at radius 2 is 1.17 bits per heavy atom. The van der Waals surface area contributed by atoms with E-state index in [0.29, 0.717) is 0 Å². The molecule has 0 aliphatic heterocycles. The van der Waals surface area contributed by atoms with Gasteiger partial charge in [0.05, 0.1) is 6.42 Å². The lowest BCUT2D eigenvalue weighted by molar-refractivity contribution is -0.425. The molecular weight excluding hydrogens is 279 g/mol. The fourth-order valence-electron chi connectivity index (χ4n) is 1.92. The highest BCUT2D eigenvalue weighted by Gasteiger charge is 2.90. The van der Waals surface area contributed by atoms with E-state index in [4.69, 9.17) is 0 Å². The highest BCUT2D eigenvalue weighted by molar-refractivity contribution is 5.18. The lowest BCUT2D eigenvalue weighted by Gasteiger charge is -2.48. The molecule has 0 spiro atoms. The molecule has 108 valence electrons. The van der Waals surface area contributed by atoms with Gasteiger partial charge in [-0.15, -0.1) is 0 Å². The van der Waals surface area contributed by atoms with Gasteiger partial charge in [-0.05, 0) is 6.42 Å². The van der Waals surface area contributed by atoms with Crippen molar-refractivity contribution in [2.45, 2.75) is 55.5 Å². The first-order valence-corrected chi connectivity index (χ1v) is 4.97. The van der Waals surface area contributed by atoms with E-state index in [1.54, 1.807) is 0 Å². The van der Waals surface area contributed by atoms with Crippen LogP contribution in [-0.2, 0) is 0 Å². The third kappa shape index (κ3) is 1.54. The summed E-state index contributed by atoms with van der Waals surface area (Å²) in [6, 6.07) is 0. The lowest BCUT2D eigenvalue weighted by atomic mass is 9.73. The van der Waals surface area contributed by atoms with Gasteiger partial charge in [-0.2, -0.15) is 35.1 Å². The van der Waals surface area contributed by atoms with Crippen LogP contribution in [0.4, 0.5) is 39.5 Å². The first-order chi connectivity index (χ1) is 7.77. The van der Waals surface area contributed by atoms with E-state index in [1.807, 2.05) is 0 Å². The largest absolute Gasteiger partial charge is 0.381 e. The summed E-state index contributed by atoms with van der Waals surface area (Å²) >= 11 is 0. The molecule has 0 bridgehead atoms. The van der Waals surface area contributed by atoms with Crippen molar-refractivity contribution in [3.8, 4) is 0 Å². The summed E-state index contributed by atoms with van der Waals surface area (Å²) in [5, 5.41) is 0. The van der Waals surface area contributed by atoms with Crippen LogP contribution >= 0.6 is 0 Å². The van der Waals surface area contributed by atoms with Gasteiger partial charge in [-0.3, -0.25) is 0 Å². The second-order valence-corrected chi connectivity index (χ2v) is 4.32. The maximum atomic E-state index is 13.6. The summed E-state index contributed by atoms with van der Waals surface area (Å²) in [7, 11) is 0. The van der Waals surface area contributed by atoms with Crippen LogP contribution in [0.1, 0.15) is 26.2 Å². The Hall–Kier alpha value is -0.630. The minimum absolute atomic E-state index is 0.468. The number of rotatable bonds is 2. The van der Waals surface area contributed by atoms with Crippen molar-refractivity contribution in [2.75, 3.05) is 0 Å². The fourth-order valence-corrected chi connectivity index (χ4v) is 1.92. The summed E-state index contributed by atoms with van der Waals surface area (Å²) in [4.78, 5) is 0. The molecule has 0 amide bonds. The van der Waals surface area contributed by atoms with Crippen molar-refractivity contribution in [3.05, 3.63) is 0 Å². The molecular formula is C9H9F9. The predicted molar refractivity (Wildman–Crippen MR) is 43.2 cm³/mol. The van der Waals surface area contributed by atoms with E-state index in [2.05, 4.69) is 0 Å². The van der Waals surface area contributed by atoms with Gasteiger partial charge in [-0.25, -0.2) is 4.39 Å². The van der Waals surface area contributed by atoms with E-state index >= 15 is 0 Å². The first-order valence-electron chi connectivity index (χ1n) is 4.97. The van der Waals surface area contributed by atoms with Crippen LogP contribution in [-0.4, -0.2) is 29.4 Å². The molecule has 1 unspecified atom stereocenters. The summed E-state index contributed by atoms with van der Waals surface area (Å²) < 4.78 is 117. The molecule has 1 aliphatic rings. The molecule has 1 fully saturated rings. The van der Waals surface area contributed by atoms with Crippen LogP contribution in [0.5, 0.6) is 0 Å². The maximum Gasteiger partial charge on any atom is 0.381 e. The van der Waals surface area contributed by atoms with Crippen LogP contribution < -0.4 is 0 Å². The number of alkyl halides is 9. The zero-order chi connectivity index (χ0) is 14.6. The van der Waals surface area contributed by atoms with Crippen molar-refractivity contribution in [2.24, 2.45) is 0 Å². The van der Waals surface area contributed by atoms with Crippen LogP contribution in [0, 0.1) is 0 Å². The van der Waals surface area contributed by atoms with Gasteiger partial charge in [0.1, 0.15) is 0 Å². The molecule has 0 aromatic heterocycles. The SMILES string of the molecule is CCCC1(F)CC(F)(F)C(F)(F)C(F)(F)C1(F)F. The molecule has 1 atom stereocenters. The van der Waals surface area contributed by atoms with Crippen molar-refractivity contribution in [3.63, 3.8) is 0 Å². The molecule has 0 aromatic rings. The van der Waals surface area contributed by atoms with Crippen molar-refractivity contribution in [1.29, 1.82) is 0 Å². The number of halogens is 9. The van der Waals surface area contributed by atoms with Gasteiger partial charge in [0.25, 0.3) is 0 Å². The van der Waals surface area contributed by atoms with Crippen molar-refractivity contribution < 1.29 is 39.5 Å². The minimum atomic E-state index is -6.45. The van der Waals surface area contributed by atoms with E-state index < -0.39 is 48.6 Å². The van der Waals surface area contributed by atoms with Gasteiger partial charge < -0.3 is 0 Å². The van der Waals surface area contributed by atoms with Gasteiger partial charge in [0.15, 0.2) is 5.67 Å². The molecule has 9 heteroatoms. The van der Waals surface area contributed by atoms with Crippen molar-refractivity contribution >= 4 is 0 Å². The quantitative estimate of drug-likeness (QED) is 0.659. The third-order valence-corrected chi connectivity index (χ3v) is 2.96. The summed E-state index contributed by atoms with van der Waals surface area (Å²) in [5.41, 5.74) is -4.36. The highest BCUT2D eigenvalue weighted by atomic mass is 19.4. The van der Waals surface area contributed by atoms with E-state index in [-0.39, 0.29) is 0 Å². The van der Waals surface area contributed by atoms with Crippen LogP contribution in [0.25, 0.3) is 0 Å². The Balaban J connectivity index is 3.41. The fraction of sp³-hybridized carbons (Fsp3) is 1.00. The summed E-state index contributed by atoms with van der Waals surface area (Å²) in [6.07, 6.45) is -4.46. The Bertz CT molecular complexity index is 335. The lowest BCUT2D eigenvalue weighted by Crippen LogP contribution is -2.74. The van der Waals surface area contributed by atoms with Crippen LogP contribution in [0.3, 0.4) is 0 Å². The second kappa shape index (κ2) is 3.69. The van der Waals surface area contributed by atoms with E-state index in [9.17, 15) is 39.5 Å². The molecule has 18 heavy (non-hydrogen) atoms. The zero-order valence-corrected chi connectivity index (χ0v) is 9.02. The standard InChI is InChI=1S/C9H9F9/c1-2-3-5(10)4-6(11,12)8(15,16)9(17,18)7(5,13)14/h2-4H2,1H3. The van der Waals surface area contributed by atoms with Crippen LogP contribution in [0.2, 0.25) is 0 Å². The smallest absolute Gasteiger partial charge is 0.237 e. The average molecular weight is 288 g/mol. The van der Waals surface area contributed by atoms with Gasteiger partial charge in [0.2, 0.25) is 0 Å². The average Bonchev–Trinajstić information content (AvgIpc) is 2.14. The predicted octanol–water partition coefficient (Wildman–Crippen LogP) is 4.44. The van der Waals surface area contributed by atoms with Gasteiger partial charge >= 0.3 is 23.7 Å². The minimum Gasteiger partial charge on any atom is -0.237 e. The maximum absolute atomic E-state index is 13.6. The third-order valence-electron chi connectivity index (χ3n) is 2.96. The molecule has 0 radical (unpaired) electrons. The molecule has 1 saturated carbocycles. The monoisotopic (exact) mass is 288 g/mol. The highest BCUT2D eigenvalue weighted by Crippen LogP contribution is 2.64. The second-order valence-electron chi connectivity index (χ2n) is 4.32. The number of hydrogen-bond acceptors (Lipinski definition) is 0.